The van der Waals surface area contributed by atoms with Crippen LogP contribution in [0.2, 0.25) is 0 Å². The number of likely N-dealkylation sites (tertiary alicyclic amines) is 1. The molecule has 8 nitrogen and oxygen atoms in total. The van der Waals surface area contributed by atoms with Crippen LogP contribution in [0.15, 0.2) is 72.8 Å². The SMILES string of the molecule is COc1ccc(NC(=O)C2(N(Cc3ccccc3)C(=O)C[C@@H]3[C@H](c4c(C)[nH]c5ccccc45)C3(C)C)CCN(C)CC2)c(OC)c1. The van der Waals surface area contributed by atoms with E-state index in [1.165, 1.54) is 10.9 Å². The van der Waals surface area contributed by atoms with E-state index < -0.39 is 5.54 Å². The standard InChI is InChI=1S/C38H46N4O4/c1-25-34(28-14-10-11-15-30(28)39-25)35-29(37(35,2)3)23-33(43)42(24-26-12-8-7-9-13-26)38(18-20-41(4)21-19-38)36(44)40-31-17-16-27(45-5)22-32(31)46-6/h7-17,22,29,35,39H,18-21,23-24H2,1-6H3,(H,40,44)/t29-,35-/m1/s1. The first-order valence-electron chi connectivity index (χ1n) is 16.2. The normalized spacial score (nSPS) is 20.2. The number of nitrogens with zero attached hydrogens (tertiary/aromatic N) is 2. The van der Waals surface area contributed by atoms with Gasteiger partial charge in [0.1, 0.15) is 17.0 Å². The fourth-order valence-corrected chi connectivity index (χ4v) is 7.69. The second-order valence-corrected chi connectivity index (χ2v) is 13.6. The molecular formula is C38H46N4O4. The van der Waals surface area contributed by atoms with E-state index in [0.717, 1.165) is 16.8 Å². The Morgan fingerprint density at radius 1 is 0.978 bits per heavy atom. The van der Waals surface area contributed by atoms with Crippen molar-refractivity contribution >= 4 is 28.4 Å². The molecule has 46 heavy (non-hydrogen) atoms. The van der Waals surface area contributed by atoms with E-state index in [-0.39, 0.29) is 29.1 Å². The second-order valence-electron chi connectivity index (χ2n) is 13.6. The minimum Gasteiger partial charge on any atom is -0.497 e. The molecule has 0 spiro atoms. The maximum Gasteiger partial charge on any atom is 0.250 e. The van der Waals surface area contributed by atoms with Crippen LogP contribution in [0.4, 0.5) is 5.69 Å². The first-order chi connectivity index (χ1) is 22.1. The Kier molecular flexibility index (Phi) is 8.59. The summed E-state index contributed by atoms with van der Waals surface area (Å²) in [6.45, 7) is 8.45. The highest BCUT2D eigenvalue weighted by Crippen LogP contribution is 2.67. The Morgan fingerprint density at radius 3 is 2.37 bits per heavy atom. The Hall–Kier alpha value is -4.30. The molecule has 1 aromatic heterocycles. The predicted molar refractivity (Wildman–Crippen MR) is 182 cm³/mol. The summed E-state index contributed by atoms with van der Waals surface area (Å²) >= 11 is 0. The molecule has 4 aromatic rings. The third-order valence-corrected chi connectivity index (χ3v) is 10.6. The molecule has 3 aromatic carbocycles. The number of H-pyrrole nitrogens is 1. The lowest BCUT2D eigenvalue weighted by Crippen LogP contribution is -2.62. The van der Waals surface area contributed by atoms with E-state index in [2.05, 4.69) is 67.3 Å². The average Bonchev–Trinajstić information content (AvgIpc) is 3.41. The Labute approximate surface area is 272 Å². The minimum absolute atomic E-state index is 0.0170. The number of ether oxygens (including phenoxy) is 2. The van der Waals surface area contributed by atoms with Crippen LogP contribution in [0.3, 0.4) is 0 Å². The number of aryl methyl sites for hydroxylation is 1. The molecule has 2 amide bonds. The van der Waals surface area contributed by atoms with E-state index in [1.807, 2.05) is 35.2 Å². The van der Waals surface area contributed by atoms with Gasteiger partial charge in [-0.1, -0.05) is 62.4 Å². The number of hydrogen-bond donors (Lipinski definition) is 2. The number of amides is 2. The maximum absolute atomic E-state index is 14.8. The fraction of sp³-hybridized carbons (Fsp3) is 0.421. The van der Waals surface area contributed by atoms with Gasteiger partial charge in [0.15, 0.2) is 0 Å². The molecule has 0 bridgehead atoms. The molecule has 2 atom stereocenters. The van der Waals surface area contributed by atoms with Gasteiger partial charge in [-0.05, 0) is 73.4 Å². The summed E-state index contributed by atoms with van der Waals surface area (Å²) in [5.41, 5.74) is 4.07. The smallest absolute Gasteiger partial charge is 0.250 e. The largest absolute Gasteiger partial charge is 0.497 e. The summed E-state index contributed by atoms with van der Waals surface area (Å²) in [5, 5.41) is 4.40. The monoisotopic (exact) mass is 622 g/mol. The van der Waals surface area contributed by atoms with Gasteiger partial charge in [0.05, 0.1) is 19.9 Å². The number of hydrogen-bond acceptors (Lipinski definition) is 5. The Morgan fingerprint density at radius 2 is 1.67 bits per heavy atom. The number of anilines is 1. The lowest BCUT2D eigenvalue weighted by Gasteiger charge is -2.47. The number of nitrogens with one attached hydrogen (secondary N) is 2. The molecule has 6 rings (SSSR count). The number of piperidine rings is 1. The second kappa shape index (κ2) is 12.5. The zero-order valence-electron chi connectivity index (χ0n) is 27.9. The van der Waals surface area contributed by atoms with Crippen molar-refractivity contribution in [2.45, 2.75) is 58.0 Å². The summed E-state index contributed by atoms with van der Waals surface area (Å²) in [4.78, 5) is 37.1. The van der Waals surface area contributed by atoms with Crippen LogP contribution in [0.5, 0.6) is 11.5 Å². The molecule has 1 saturated carbocycles. The number of fused-ring (bicyclic) bond motifs is 1. The summed E-state index contributed by atoms with van der Waals surface area (Å²) in [7, 11) is 5.24. The van der Waals surface area contributed by atoms with Gasteiger partial charge in [0, 0.05) is 48.7 Å². The van der Waals surface area contributed by atoms with Crippen molar-refractivity contribution in [3.8, 4) is 11.5 Å². The summed E-state index contributed by atoms with van der Waals surface area (Å²) < 4.78 is 11.0. The highest BCUT2D eigenvalue weighted by molar-refractivity contribution is 6.01. The van der Waals surface area contributed by atoms with Gasteiger partial charge >= 0.3 is 0 Å². The number of aromatic amines is 1. The van der Waals surface area contributed by atoms with Crippen LogP contribution in [0.1, 0.15) is 55.8 Å². The molecule has 2 N–H and O–H groups in total. The third kappa shape index (κ3) is 5.75. The minimum atomic E-state index is -1.03. The predicted octanol–water partition coefficient (Wildman–Crippen LogP) is 6.76. The summed E-state index contributed by atoms with van der Waals surface area (Å²) in [6.07, 6.45) is 1.44. The number of carbonyl (C=O) groups excluding carboxylic acids is 2. The molecular weight excluding hydrogens is 576 g/mol. The molecule has 2 aliphatic rings. The van der Waals surface area contributed by atoms with Crippen molar-refractivity contribution in [1.82, 2.24) is 14.8 Å². The van der Waals surface area contributed by atoms with Gasteiger partial charge < -0.3 is 29.6 Å². The number of aromatic nitrogens is 1. The molecule has 0 unspecified atom stereocenters. The van der Waals surface area contributed by atoms with E-state index in [9.17, 15) is 9.59 Å². The van der Waals surface area contributed by atoms with E-state index in [1.54, 1.807) is 32.4 Å². The zero-order chi connectivity index (χ0) is 32.6. The van der Waals surface area contributed by atoms with Gasteiger partial charge in [-0.3, -0.25) is 9.59 Å². The molecule has 1 aliphatic carbocycles. The van der Waals surface area contributed by atoms with Gasteiger partial charge in [-0.2, -0.15) is 0 Å². The highest BCUT2D eigenvalue weighted by atomic mass is 16.5. The van der Waals surface area contributed by atoms with Crippen LogP contribution in [0, 0.1) is 18.3 Å². The number of rotatable bonds is 10. The quantitative estimate of drug-likeness (QED) is 0.204. The van der Waals surface area contributed by atoms with Gasteiger partial charge in [-0.15, -0.1) is 0 Å². The first kappa shape index (κ1) is 31.7. The maximum atomic E-state index is 14.8. The van der Waals surface area contributed by atoms with Gasteiger partial charge in [0.2, 0.25) is 5.91 Å². The zero-order valence-corrected chi connectivity index (χ0v) is 27.9. The van der Waals surface area contributed by atoms with Crippen LogP contribution in [-0.4, -0.2) is 66.5 Å². The van der Waals surface area contributed by atoms with E-state index in [0.29, 0.717) is 56.1 Å². The van der Waals surface area contributed by atoms with Crippen molar-refractivity contribution in [3.63, 3.8) is 0 Å². The molecule has 1 saturated heterocycles. The van der Waals surface area contributed by atoms with Crippen molar-refractivity contribution in [2.75, 3.05) is 39.7 Å². The van der Waals surface area contributed by atoms with Crippen LogP contribution in [0.25, 0.3) is 10.9 Å². The van der Waals surface area contributed by atoms with Crippen LogP contribution >= 0.6 is 0 Å². The number of carbonyl (C=O) groups is 2. The molecule has 2 heterocycles. The number of methoxy groups -OCH3 is 2. The van der Waals surface area contributed by atoms with Crippen molar-refractivity contribution < 1.29 is 19.1 Å². The summed E-state index contributed by atoms with van der Waals surface area (Å²) in [5.74, 6) is 1.38. The molecule has 8 heteroatoms. The Bertz CT molecular complexity index is 1720. The van der Waals surface area contributed by atoms with Gasteiger partial charge in [0.25, 0.3) is 5.91 Å². The molecule has 0 radical (unpaired) electrons. The molecule has 1 aliphatic heterocycles. The van der Waals surface area contributed by atoms with Gasteiger partial charge in [-0.25, -0.2) is 0 Å². The number of para-hydroxylation sites is 1. The molecule has 242 valence electrons. The fourth-order valence-electron chi connectivity index (χ4n) is 7.69. The van der Waals surface area contributed by atoms with Crippen LogP contribution in [-0.2, 0) is 16.1 Å². The van der Waals surface area contributed by atoms with E-state index in [4.69, 9.17) is 9.47 Å². The lowest BCUT2D eigenvalue weighted by molar-refractivity contribution is -0.150. The number of benzene rings is 3. The molecule has 2 fully saturated rings. The first-order valence-corrected chi connectivity index (χ1v) is 16.2. The van der Waals surface area contributed by atoms with Crippen molar-refractivity contribution in [3.05, 3.63) is 89.6 Å². The topological polar surface area (TPSA) is 86.9 Å². The van der Waals surface area contributed by atoms with E-state index >= 15 is 0 Å². The van der Waals surface area contributed by atoms with Crippen LogP contribution < -0.4 is 14.8 Å². The van der Waals surface area contributed by atoms with Crippen molar-refractivity contribution in [2.24, 2.45) is 11.3 Å². The van der Waals surface area contributed by atoms with Crippen molar-refractivity contribution in [1.29, 1.82) is 0 Å². The highest BCUT2D eigenvalue weighted by Gasteiger charge is 2.60. The third-order valence-electron chi connectivity index (χ3n) is 10.6. The Balaban J connectivity index is 1.35. The average molecular weight is 623 g/mol. The lowest BCUT2D eigenvalue weighted by atomic mass is 9.83. The summed E-state index contributed by atoms with van der Waals surface area (Å²) in [6, 6.07) is 23.8.